The van der Waals surface area contributed by atoms with Gasteiger partial charge in [-0.15, -0.1) is 24.0 Å². The zero-order valence-electron chi connectivity index (χ0n) is 19.1. The van der Waals surface area contributed by atoms with Crippen LogP contribution in [0.2, 0.25) is 0 Å². The Bertz CT molecular complexity index is 989. The summed E-state index contributed by atoms with van der Waals surface area (Å²) in [6, 6.07) is 17.5. The van der Waals surface area contributed by atoms with E-state index >= 15 is 0 Å². The Hall–Kier alpha value is -2.13. The van der Waals surface area contributed by atoms with E-state index in [9.17, 15) is 0 Å². The molecule has 32 heavy (non-hydrogen) atoms. The number of guanidine groups is 1. The van der Waals surface area contributed by atoms with Crippen LogP contribution >= 0.6 is 24.0 Å². The number of nitrogens with zero attached hydrogens (tertiary/aromatic N) is 4. The first-order valence-electron chi connectivity index (χ1n) is 11.4. The van der Waals surface area contributed by atoms with Crippen LogP contribution in [0.4, 0.5) is 0 Å². The quantitative estimate of drug-likeness (QED) is 0.265. The fourth-order valence-electron chi connectivity index (χ4n) is 4.29. The molecule has 6 nitrogen and oxygen atoms in total. The molecule has 2 aromatic carbocycles. The predicted molar refractivity (Wildman–Crippen MR) is 144 cm³/mol. The van der Waals surface area contributed by atoms with E-state index in [1.165, 1.54) is 55.5 Å². The maximum Gasteiger partial charge on any atom is 0.191 e. The summed E-state index contributed by atoms with van der Waals surface area (Å²) in [5, 5.41) is 7.07. The Morgan fingerprint density at radius 2 is 1.78 bits per heavy atom. The fourth-order valence-corrected chi connectivity index (χ4v) is 4.29. The molecule has 0 spiro atoms. The van der Waals surface area contributed by atoms with Crippen molar-refractivity contribution in [2.45, 2.75) is 45.3 Å². The van der Waals surface area contributed by atoms with E-state index in [4.69, 9.17) is 0 Å². The van der Waals surface area contributed by atoms with Gasteiger partial charge in [-0.2, -0.15) is 0 Å². The van der Waals surface area contributed by atoms with Crippen LogP contribution in [0.15, 0.2) is 59.9 Å². The molecule has 7 heteroatoms. The second-order valence-corrected chi connectivity index (χ2v) is 8.36. The van der Waals surface area contributed by atoms with E-state index in [0.29, 0.717) is 6.04 Å². The average Bonchev–Trinajstić information content (AvgIpc) is 3.22. The zero-order valence-corrected chi connectivity index (χ0v) is 21.5. The van der Waals surface area contributed by atoms with Crippen molar-refractivity contribution in [1.82, 2.24) is 25.1 Å². The van der Waals surface area contributed by atoms with Crippen LogP contribution in [0.1, 0.15) is 37.3 Å². The Kier molecular flexibility index (Phi) is 9.35. The van der Waals surface area contributed by atoms with Crippen molar-refractivity contribution < 1.29 is 0 Å². The molecule has 4 rings (SSSR count). The van der Waals surface area contributed by atoms with Gasteiger partial charge >= 0.3 is 0 Å². The molecule has 1 aromatic heterocycles. The van der Waals surface area contributed by atoms with Gasteiger partial charge in [0.05, 0.1) is 17.4 Å². The van der Waals surface area contributed by atoms with Gasteiger partial charge in [0.15, 0.2) is 5.96 Å². The monoisotopic (exact) mass is 546 g/mol. The van der Waals surface area contributed by atoms with Crippen LogP contribution in [-0.2, 0) is 13.1 Å². The summed E-state index contributed by atoms with van der Waals surface area (Å²) >= 11 is 0. The molecule has 0 saturated carbocycles. The molecule has 0 amide bonds. The molecular weight excluding hydrogens is 511 g/mol. The lowest BCUT2D eigenvalue weighted by atomic mass is 10.1. The maximum atomic E-state index is 4.48. The van der Waals surface area contributed by atoms with Gasteiger partial charge in [0.2, 0.25) is 0 Å². The minimum atomic E-state index is 0. The van der Waals surface area contributed by atoms with Crippen molar-refractivity contribution in [1.29, 1.82) is 0 Å². The van der Waals surface area contributed by atoms with E-state index < -0.39 is 0 Å². The maximum absolute atomic E-state index is 4.48. The Balaban J connectivity index is 0.00000289. The number of fused-ring (bicyclic) bond motifs is 1. The van der Waals surface area contributed by atoms with Crippen molar-refractivity contribution in [3.63, 3.8) is 0 Å². The van der Waals surface area contributed by atoms with Crippen LogP contribution in [0.3, 0.4) is 0 Å². The molecule has 0 bridgehead atoms. The lowest BCUT2D eigenvalue weighted by Crippen LogP contribution is -2.48. The third-order valence-electron chi connectivity index (χ3n) is 6.06. The number of piperidine rings is 1. The first-order chi connectivity index (χ1) is 15.2. The molecule has 1 fully saturated rings. The van der Waals surface area contributed by atoms with E-state index in [-0.39, 0.29) is 24.0 Å². The van der Waals surface area contributed by atoms with E-state index in [1.54, 1.807) is 0 Å². The number of aliphatic imine (C=N–C) groups is 1. The summed E-state index contributed by atoms with van der Waals surface area (Å²) in [5.41, 5.74) is 4.73. The van der Waals surface area contributed by atoms with Crippen LogP contribution in [0, 0.1) is 0 Å². The van der Waals surface area contributed by atoms with Gasteiger partial charge in [-0.25, -0.2) is 4.98 Å². The number of halogens is 1. The minimum Gasteiger partial charge on any atom is -0.354 e. The van der Waals surface area contributed by atoms with E-state index in [1.807, 2.05) is 19.4 Å². The van der Waals surface area contributed by atoms with Gasteiger partial charge in [0, 0.05) is 39.3 Å². The molecule has 0 atom stereocenters. The van der Waals surface area contributed by atoms with Crippen molar-refractivity contribution >= 4 is 41.0 Å². The molecule has 3 aromatic rings. The van der Waals surface area contributed by atoms with Crippen LogP contribution in [0.5, 0.6) is 0 Å². The highest BCUT2D eigenvalue weighted by molar-refractivity contribution is 14.0. The van der Waals surface area contributed by atoms with Crippen molar-refractivity contribution in [3.05, 3.63) is 66.0 Å². The van der Waals surface area contributed by atoms with Crippen molar-refractivity contribution in [3.8, 4) is 0 Å². The van der Waals surface area contributed by atoms with Crippen molar-refractivity contribution in [2.24, 2.45) is 4.99 Å². The SMILES string of the molecule is CCCN1CCC(NC(=NC)NCc2ccc(Cn3cnc4ccccc43)cc2)CC1.I. The Morgan fingerprint density at radius 1 is 1.06 bits per heavy atom. The summed E-state index contributed by atoms with van der Waals surface area (Å²) in [6.45, 7) is 7.41. The van der Waals surface area contributed by atoms with E-state index in [0.717, 1.165) is 24.6 Å². The summed E-state index contributed by atoms with van der Waals surface area (Å²) in [5.74, 6) is 0.892. The standard InChI is InChI=1S/C25H34N6.HI/c1-3-14-30-15-12-22(13-16-30)29-25(26-2)27-17-20-8-10-21(11-9-20)18-31-19-28-23-6-4-5-7-24(23)31;/h4-11,19,22H,3,12-18H2,1-2H3,(H2,26,27,29);1H. The second-order valence-electron chi connectivity index (χ2n) is 8.36. The zero-order chi connectivity index (χ0) is 21.5. The minimum absolute atomic E-state index is 0. The lowest BCUT2D eigenvalue weighted by molar-refractivity contribution is 0.206. The number of para-hydroxylation sites is 2. The van der Waals surface area contributed by atoms with Gasteiger partial charge in [-0.05, 0) is 49.1 Å². The summed E-state index contributed by atoms with van der Waals surface area (Å²) in [6.07, 6.45) is 5.51. The van der Waals surface area contributed by atoms with Gasteiger partial charge in [-0.1, -0.05) is 43.3 Å². The van der Waals surface area contributed by atoms with Gasteiger partial charge in [-0.3, -0.25) is 4.99 Å². The number of nitrogens with one attached hydrogen (secondary N) is 2. The number of aromatic nitrogens is 2. The number of benzene rings is 2. The van der Waals surface area contributed by atoms with E-state index in [2.05, 4.69) is 79.5 Å². The third-order valence-corrected chi connectivity index (χ3v) is 6.06. The predicted octanol–water partition coefficient (Wildman–Crippen LogP) is 4.24. The first-order valence-corrected chi connectivity index (χ1v) is 11.4. The normalized spacial score (nSPS) is 15.5. The molecular formula is C25H35IN6. The van der Waals surface area contributed by atoms with Crippen LogP contribution in [0.25, 0.3) is 11.0 Å². The number of hydrogen-bond acceptors (Lipinski definition) is 3. The van der Waals surface area contributed by atoms with Crippen molar-refractivity contribution in [2.75, 3.05) is 26.7 Å². The van der Waals surface area contributed by atoms with Crippen LogP contribution in [-0.4, -0.2) is 53.1 Å². The molecule has 0 aliphatic carbocycles. The van der Waals surface area contributed by atoms with Crippen LogP contribution < -0.4 is 10.6 Å². The Morgan fingerprint density at radius 3 is 2.50 bits per heavy atom. The largest absolute Gasteiger partial charge is 0.354 e. The average molecular weight is 547 g/mol. The highest BCUT2D eigenvalue weighted by Crippen LogP contribution is 2.15. The summed E-state index contributed by atoms with van der Waals surface area (Å²) in [4.78, 5) is 11.5. The first kappa shape index (κ1) is 24.5. The van der Waals surface area contributed by atoms with Gasteiger partial charge in [0.25, 0.3) is 0 Å². The molecule has 2 N–H and O–H groups in total. The highest BCUT2D eigenvalue weighted by Gasteiger charge is 2.19. The topological polar surface area (TPSA) is 57.5 Å². The molecule has 1 aliphatic rings. The molecule has 2 heterocycles. The smallest absolute Gasteiger partial charge is 0.191 e. The number of hydrogen-bond donors (Lipinski definition) is 2. The molecule has 0 unspecified atom stereocenters. The second kappa shape index (κ2) is 12.2. The summed E-state index contributed by atoms with van der Waals surface area (Å²) < 4.78 is 2.19. The number of imidazole rings is 1. The summed E-state index contributed by atoms with van der Waals surface area (Å²) in [7, 11) is 1.85. The Labute approximate surface area is 208 Å². The molecule has 1 aliphatic heterocycles. The molecule has 0 radical (unpaired) electrons. The molecule has 172 valence electrons. The van der Waals surface area contributed by atoms with Gasteiger partial charge in [0.1, 0.15) is 0 Å². The molecule has 1 saturated heterocycles. The number of likely N-dealkylation sites (tertiary alicyclic amines) is 1. The number of rotatable bonds is 7. The third kappa shape index (κ3) is 6.45. The highest BCUT2D eigenvalue weighted by atomic mass is 127. The van der Waals surface area contributed by atoms with Gasteiger partial charge < -0.3 is 20.1 Å². The fraction of sp³-hybridized carbons (Fsp3) is 0.440. The lowest BCUT2D eigenvalue weighted by Gasteiger charge is -2.32.